The van der Waals surface area contributed by atoms with E-state index >= 15 is 0 Å². The monoisotopic (exact) mass is 294 g/mol. The molecule has 0 saturated carbocycles. The highest BCUT2D eigenvalue weighted by atomic mass is 32.2. The number of carbonyl (C=O) groups is 1. The molecule has 0 atom stereocenters. The highest BCUT2D eigenvalue weighted by Gasteiger charge is 2.21. The van der Waals surface area contributed by atoms with Crippen LogP contribution in [0.2, 0.25) is 0 Å². The molecule has 1 N–H and O–H groups in total. The molecule has 1 heterocycles. The quantitative estimate of drug-likeness (QED) is 0.843. The molecule has 0 spiro atoms. The molecule has 0 aliphatic carbocycles. The predicted molar refractivity (Wildman–Crippen MR) is 82.4 cm³/mol. The molecule has 5 heteroatoms. The lowest BCUT2D eigenvalue weighted by Gasteiger charge is -2.31. The van der Waals surface area contributed by atoms with Crippen LogP contribution in [0.25, 0.3) is 0 Å². The Morgan fingerprint density at radius 1 is 1.45 bits per heavy atom. The summed E-state index contributed by atoms with van der Waals surface area (Å²) >= 11 is 1.56. The Kier molecular flexibility index (Phi) is 5.73. The summed E-state index contributed by atoms with van der Waals surface area (Å²) < 4.78 is 5.19. The minimum Gasteiger partial charge on any atom is -0.497 e. The number of ether oxygens (including phenoxy) is 1. The number of thioether (sulfide) groups is 1. The molecule has 1 aliphatic heterocycles. The molecule has 0 aromatic heterocycles. The van der Waals surface area contributed by atoms with Crippen LogP contribution >= 0.6 is 11.8 Å². The van der Waals surface area contributed by atoms with E-state index in [1.165, 1.54) is 0 Å². The van der Waals surface area contributed by atoms with Crippen LogP contribution < -0.4 is 10.1 Å². The molecule has 2 rings (SSSR count). The van der Waals surface area contributed by atoms with Crippen LogP contribution in [0.3, 0.4) is 0 Å². The number of hydrogen-bond acceptors (Lipinski definition) is 4. The molecule has 20 heavy (non-hydrogen) atoms. The van der Waals surface area contributed by atoms with Crippen LogP contribution in [0, 0.1) is 0 Å². The van der Waals surface area contributed by atoms with E-state index in [0.717, 1.165) is 36.6 Å². The number of benzene rings is 1. The molecular formula is C15H22N2O2S. The lowest BCUT2D eigenvalue weighted by Crippen LogP contribution is -2.44. The van der Waals surface area contributed by atoms with Crippen molar-refractivity contribution < 1.29 is 9.53 Å². The van der Waals surface area contributed by atoms with Crippen molar-refractivity contribution in [3.63, 3.8) is 0 Å². The fourth-order valence-electron chi connectivity index (χ4n) is 2.34. The second kappa shape index (κ2) is 7.55. The Labute approximate surface area is 124 Å². The van der Waals surface area contributed by atoms with Crippen LogP contribution in [0.15, 0.2) is 29.2 Å². The first-order valence-corrected chi connectivity index (χ1v) is 7.92. The minimum absolute atomic E-state index is 0.199. The molecule has 1 aromatic carbocycles. The van der Waals surface area contributed by atoms with E-state index in [1.54, 1.807) is 18.9 Å². The second-order valence-corrected chi connectivity index (χ2v) is 6.00. The largest absolute Gasteiger partial charge is 0.497 e. The molecule has 110 valence electrons. The van der Waals surface area contributed by atoms with Gasteiger partial charge in [-0.2, -0.15) is 0 Å². The number of hydrogen-bond donors (Lipinski definition) is 1. The van der Waals surface area contributed by atoms with E-state index in [9.17, 15) is 4.79 Å². The van der Waals surface area contributed by atoms with Crippen LogP contribution in [-0.4, -0.2) is 49.8 Å². The number of carbonyl (C=O) groups excluding carboxylic acids is 1. The van der Waals surface area contributed by atoms with Crippen LogP contribution in [0.5, 0.6) is 5.75 Å². The van der Waals surface area contributed by atoms with Crippen molar-refractivity contribution in [2.45, 2.75) is 23.8 Å². The summed E-state index contributed by atoms with van der Waals surface area (Å²) in [6, 6.07) is 8.21. The fourth-order valence-corrected chi connectivity index (χ4v) is 3.20. The number of nitrogens with one attached hydrogen (secondary N) is 1. The van der Waals surface area contributed by atoms with Gasteiger partial charge in [-0.15, -0.1) is 11.8 Å². The van der Waals surface area contributed by atoms with Gasteiger partial charge in [0.15, 0.2) is 0 Å². The Morgan fingerprint density at radius 3 is 2.90 bits per heavy atom. The topological polar surface area (TPSA) is 41.6 Å². The van der Waals surface area contributed by atoms with Gasteiger partial charge in [0.25, 0.3) is 0 Å². The average Bonchev–Trinajstić information content (AvgIpc) is 2.53. The van der Waals surface area contributed by atoms with Gasteiger partial charge in [0.1, 0.15) is 5.75 Å². The van der Waals surface area contributed by atoms with Crippen molar-refractivity contribution in [3.8, 4) is 5.75 Å². The summed E-state index contributed by atoms with van der Waals surface area (Å²) in [5, 5.41) is 3.32. The first kappa shape index (κ1) is 15.2. The fraction of sp³-hybridized carbons (Fsp3) is 0.533. The molecular weight excluding hydrogens is 272 g/mol. The summed E-state index contributed by atoms with van der Waals surface area (Å²) in [5.41, 5.74) is 0. The summed E-state index contributed by atoms with van der Waals surface area (Å²) in [6.45, 7) is 2.01. The maximum atomic E-state index is 12.2. The molecule has 0 unspecified atom stereocenters. The zero-order chi connectivity index (χ0) is 14.4. The Hall–Kier alpha value is -1.20. The molecule has 1 aromatic rings. The Bertz CT molecular complexity index is 447. The lowest BCUT2D eigenvalue weighted by molar-refractivity contribution is -0.129. The third-order valence-corrected chi connectivity index (χ3v) is 4.63. The van der Waals surface area contributed by atoms with Crippen molar-refractivity contribution in [2.24, 2.45) is 0 Å². The SMILES string of the molecule is COc1cccc(SCC(=O)N(C)C2CCNCC2)c1. The van der Waals surface area contributed by atoms with Gasteiger partial charge in [-0.25, -0.2) is 0 Å². The molecule has 1 fully saturated rings. The van der Waals surface area contributed by atoms with Crippen LogP contribution in [-0.2, 0) is 4.79 Å². The first-order valence-electron chi connectivity index (χ1n) is 6.94. The van der Waals surface area contributed by atoms with E-state index < -0.39 is 0 Å². The third-order valence-electron chi connectivity index (χ3n) is 3.65. The Morgan fingerprint density at radius 2 is 2.20 bits per heavy atom. The van der Waals surface area contributed by atoms with Crippen molar-refractivity contribution in [1.82, 2.24) is 10.2 Å². The summed E-state index contributed by atoms with van der Waals surface area (Å²) in [5.74, 6) is 1.51. The Balaban J connectivity index is 1.84. The first-order chi connectivity index (χ1) is 9.70. The second-order valence-electron chi connectivity index (χ2n) is 4.95. The van der Waals surface area contributed by atoms with Crippen molar-refractivity contribution in [1.29, 1.82) is 0 Å². The van der Waals surface area contributed by atoms with Gasteiger partial charge in [-0.1, -0.05) is 6.07 Å². The summed E-state index contributed by atoms with van der Waals surface area (Å²) in [7, 11) is 3.57. The summed E-state index contributed by atoms with van der Waals surface area (Å²) in [6.07, 6.45) is 2.10. The molecule has 1 aliphatic rings. The van der Waals surface area contributed by atoms with Gasteiger partial charge in [0, 0.05) is 18.0 Å². The maximum absolute atomic E-state index is 12.2. The van der Waals surface area contributed by atoms with Gasteiger partial charge in [-0.05, 0) is 44.1 Å². The van der Waals surface area contributed by atoms with Crippen molar-refractivity contribution in [2.75, 3.05) is 33.0 Å². The van der Waals surface area contributed by atoms with Gasteiger partial charge in [0.2, 0.25) is 5.91 Å². The highest BCUT2D eigenvalue weighted by Crippen LogP contribution is 2.23. The average molecular weight is 294 g/mol. The molecule has 1 saturated heterocycles. The van der Waals surface area contributed by atoms with E-state index in [-0.39, 0.29) is 5.91 Å². The molecule has 4 nitrogen and oxygen atoms in total. The zero-order valence-corrected chi connectivity index (χ0v) is 12.9. The van der Waals surface area contributed by atoms with Crippen molar-refractivity contribution in [3.05, 3.63) is 24.3 Å². The number of methoxy groups -OCH3 is 1. The minimum atomic E-state index is 0.199. The number of rotatable bonds is 5. The lowest BCUT2D eigenvalue weighted by atomic mass is 10.1. The van der Waals surface area contributed by atoms with Crippen molar-refractivity contribution >= 4 is 17.7 Å². The van der Waals surface area contributed by atoms with Crippen LogP contribution in [0.1, 0.15) is 12.8 Å². The smallest absolute Gasteiger partial charge is 0.232 e. The normalized spacial score (nSPS) is 15.9. The maximum Gasteiger partial charge on any atom is 0.232 e. The molecule has 1 amide bonds. The molecule has 0 radical (unpaired) electrons. The van der Waals surface area contributed by atoms with Gasteiger partial charge >= 0.3 is 0 Å². The van der Waals surface area contributed by atoms with Gasteiger partial charge in [0.05, 0.1) is 12.9 Å². The standard InChI is InChI=1S/C15H22N2O2S/c1-17(12-6-8-16-9-7-12)15(18)11-20-14-5-3-4-13(10-14)19-2/h3-5,10,12,16H,6-9,11H2,1-2H3. The van der Waals surface area contributed by atoms with Crippen LogP contribution in [0.4, 0.5) is 0 Å². The van der Waals surface area contributed by atoms with Gasteiger partial charge < -0.3 is 15.0 Å². The summed E-state index contributed by atoms with van der Waals surface area (Å²) in [4.78, 5) is 15.2. The van der Waals surface area contributed by atoms with E-state index in [4.69, 9.17) is 4.74 Å². The number of nitrogens with zero attached hydrogens (tertiary/aromatic N) is 1. The molecule has 0 bridgehead atoms. The third kappa shape index (κ3) is 4.15. The van der Waals surface area contributed by atoms with E-state index in [2.05, 4.69) is 5.32 Å². The number of amides is 1. The highest BCUT2D eigenvalue weighted by molar-refractivity contribution is 8.00. The van der Waals surface area contributed by atoms with E-state index in [1.807, 2.05) is 36.2 Å². The number of piperidine rings is 1. The van der Waals surface area contributed by atoms with Gasteiger partial charge in [-0.3, -0.25) is 4.79 Å². The van der Waals surface area contributed by atoms with E-state index in [0.29, 0.717) is 11.8 Å². The zero-order valence-electron chi connectivity index (χ0n) is 12.1. The predicted octanol–water partition coefficient (Wildman–Crippen LogP) is 2.00.